The minimum absolute atomic E-state index is 0.281. The van der Waals surface area contributed by atoms with Crippen molar-refractivity contribution in [2.24, 2.45) is 0 Å². The van der Waals surface area contributed by atoms with Crippen LogP contribution < -0.4 is 10.2 Å². The van der Waals surface area contributed by atoms with Crippen LogP contribution in [0, 0.1) is 0 Å². The molecule has 19 heavy (non-hydrogen) atoms. The van der Waals surface area contributed by atoms with E-state index in [1.165, 1.54) is 5.56 Å². The molecule has 0 aliphatic rings. The van der Waals surface area contributed by atoms with E-state index in [4.69, 9.17) is 4.74 Å². The second-order valence-corrected chi connectivity index (χ2v) is 4.42. The lowest BCUT2D eigenvalue weighted by Gasteiger charge is -2.26. The van der Waals surface area contributed by atoms with Crippen LogP contribution in [0.1, 0.15) is 25.5 Å². The summed E-state index contributed by atoms with van der Waals surface area (Å²) >= 11 is 0. The maximum Gasteiger partial charge on any atom is 0.133 e. The summed E-state index contributed by atoms with van der Waals surface area (Å²) in [5.74, 6) is 1.01. The summed E-state index contributed by atoms with van der Waals surface area (Å²) in [6, 6.07) is 4.39. The Hall–Kier alpha value is -1.39. The monoisotopic (exact) mass is 263 g/mol. The van der Waals surface area contributed by atoms with Gasteiger partial charge in [0.1, 0.15) is 5.82 Å². The van der Waals surface area contributed by atoms with Crippen LogP contribution in [0.3, 0.4) is 0 Å². The molecule has 0 saturated carbocycles. The Morgan fingerprint density at radius 1 is 1.58 bits per heavy atom. The predicted octanol–water partition coefficient (Wildman–Crippen LogP) is 2.39. The van der Waals surface area contributed by atoms with Crippen molar-refractivity contribution in [2.45, 2.75) is 19.9 Å². The molecule has 1 N–H and O–H groups in total. The van der Waals surface area contributed by atoms with Crippen LogP contribution in [-0.2, 0) is 4.74 Å². The first-order chi connectivity index (χ1) is 9.24. The summed E-state index contributed by atoms with van der Waals surface area (Å²) < 4.78 is 5.17. The maximum atomic E-state index is 5.17. The van der Waals surface area contributed by atoms with Gasteiger partial charge in [-0.15, -0.1) is 6.58 Å². The molecule has 0 amide bonds. The molecule has 0 spiro atoms. The van der Waals surface area contributed by atoms with Gasteiger partial charge in [-0.3, -0.25) is 0 Å². The van der Waals surface area contributed by atoms with Crippen molar-refractivity contribution in [1.29, 1.82) is 0 Å². The number of anilines is 1. The number of aromatic nitrogens is 1. The number of pyridine rings is 1. The largest absolute Gasteiger partial charge is 0.383 e. The highest BCUT2D eigenvalue weighted by Gasteiger charge is 2.15. The lowest BCUT2D eigenvalue weighted by Crippen LogP contribution is -2.30. The summed E-state index contributed by atoms with van der Waals surface area (Å²) in [6.45, 7) is 11.3. The Kier molecular flexibility index (Phi) is 7.15. The second-order valence-electron chi connectivity index (χ2n) is 4.42. The fraction of sp³-hybridized carbons (Fsp3) is 0.533. The highest BCUT2D eigenvalue weighted by atomic mass is 16.5. The average Bonchev–Trinajstić information content (AvgIpc) is 2.44. The number of rotatable bonds is 9. The predicted molar refractivity (Wildman–Crippen MR) is 80.6 cm³/mol. The zero-order chi connectivity index (χ0) is 14.1. The molecule has 1 aromatic heterocycles. The SMILES string of the molecule is C=CCN(CCOC)c1ncccc1C(C)NCC. The molecule has 0 aliphatic heterocycles. The van der Waals surface area contributed by atoms with Crippen molar-refractivity contribution in [1.82, 2.24) is 10.3 Å². The van der Waals surface area contributed by atoms with Gasteiger partial charge < -0.3 is 15.0 Å². The quantitative estimate of drug-likeness (QED) is 0.694. The Balaban J connectivity index is 2.96. The van der Waals surface area contributed by atoms with Gasteiger partial charge in [0.25, 0.3) is 0 Å². The highest BCUT2D eigenvalue weighted by Crippen LogP contribution is 2.23. The molecule has 1 aromatic rings. The first-order valence-electron chi connectivity index (χ1n) is 6.77. The number of ether oxygens (including phenoxy) is 1. The molecular formula is C15H25N3O. The Labute approximate surface area is 116 Å². The van der Waals surface area contributed by atoms with E-state index < -0.39 is 0 Å². The molecule has 0 radical (unpaired) electrons. The Bertz CT molecular complexity index is 381. The highest BCUT2D eigenvalue weighted by molar-refractivity contribution is 5.48. The van der Waals surface area contributed by atoms with E-state index in [-0.39, 0.29) is 6.04 Å². The van der Waals surface area contributed by atoms with E-state index in [1.54, 1.807) is 7.11 Å². The number of nitrogens with zero attached hydrogens (tertiary/aromatic N) is 2. The van der Waals surface area contributed by atoms with Gasteiger partial charge in [-0.05, 0) is 19.5 Å². The first kappa shape index (κ1) is 15.7. The van der Waals surface area contributed by atoms with Gasteiger partial charge in [0.2, 0.25) is 0 Å². The van der Waals surface area contributed by atoms with Crippen molar-refractivity contribution in [3.8, 4) is 0 Å². The van der Waals surface area contributed by atoms with Gasteiger partial charge in [-0.25, -0.2) is 4.98 Å². The lowest BCUT2D eigenvalue weighted by molar-refractivity contribution is 0.205. The smallest absolute Gasteiger partial charge is 0.133 e. The zero-order valence-electron chi connectivity index (χ0n) is 12.2. The molecule has 0 fully saturated rings. The van der Waals surface area contributed by atoms with E-state index in [0.717, 1.165) is 25.5 Å². The van der Waals surface area contributed by atoms with Gasteiger partial charge in [-0.1, -0.05) is 19.1 Å². The third kappa shape index (κ3) is 4.65. The van der Waals surface area contributed by atoms with Crippen molar-refractivity contribution in [2.75, 3.05) is 38.3 Å². The van der Waals surface area contributed by atoms with Crippen LogP contribution in [0.2, 0.25) is 0 Å². The number of nitrogens with one attached hydrogen (secondary N) is 1. The van der Waals surface area contributed by atoms with Gasteiger partial charge in [0.05, 0.1) is 6.61 Å². The molecule has 0 aliphatic carbocycles. The van der Waals surface area contributed by atoms with Crippen molar-refractivity contribution < 1.29 is 4.74 Å². The third-order valence-electron chi connectivity index (χ3n) is 3.01. The van der Waals surface area contributed by atoms with Gasteiger partial charge >= 0.3 is 0 Å². The normalized spacial score (nSPS) is 12.2. The summed E-state index contributed by atoms with van der Waals surface area (Å²) in [5.41, 5.74) is 1.21. The standard InChI is InChI=1S/C15H25N3O/c1-5-10-18(11-12-19-4)15-14(8-7-9-17-15)13(3)16-6-2/h5,7-9,13,16H,1,6,10-12H2,2-4H3. The molecule has 4 heteroatoms. The molecule has 106 valence electrons. The van der Waals surface area contributed by atoms with Gasteiger partial charge in [-0.2, -0.15) is 0 Å². The van der Waals surface area contributed by atoms with Crippen LogP contribution >= 0.6 is 0 Å². The van der Waals surface area contributed by atoms with Crippen LogP contribution in [0.25, 0.3) is 0 Å². The summed E-state index contributed by atoms with van der Waals surface area (Å²) in [4.78, 5) is 6.73. The van der Waals surface area contributed by atoms with Gasteiger partial charge in [0.15, 0.2) is 0 Å². The molecule has 0 bridgehead atoms. The average molecular weight is 263 g/mol. The third-order valence-corrected chi connectivity index (χ3v) is 3.01. The Morgan fingerprint density at radius 2 is 2.37 bits per heavy atom. The fourth-order valence-corrected chi connectivity index (χ4v) is 2.07. The summed E-state index contributed by atoms with van der Waals surface area (Å²) in [6.07, 6.45) is 3.73. The van der Waals surface area contributed by atoms with Crippen LogP contribution in [0.5, 0.6) is 0 Å². The minimum Gasteiger partial charge on any atom is -0.383 e. The molecular weight excluding hydrogens is 238 g/mol. The van der Waals surface area contributed by atoms with Crippen LogP contribution in [0.15, 0.2) is 31.0 Å². The zero-order valence-corrected chi connectivity index (χ0v) is 12.2. The van der Waals surface area contributed by atoms with Crippen molar-refractivity contribution >= 4 is 5.82 Å². The summed E-state index contributed by atoms with van der Waals surface area (Å²) in [5, 5.41) is 3.43. The molecule has 0 aromatic carbocycles. The molecule has 1 heterocycles. The van der Waals surface area contributed by atoms with E-state index >= 15 is 0 Å². The Morgan fingerprint density at radius 3 is 3.00 bits per heavy atom. The van der Waals surface area contributed by atoms with E-state index in [2.05, 4.69) is 41.7 Å². The molecule has 1 unspecified atom stereocenters. The number of hydrogen-bond acceptors (Lipinski definition) is 4. The first-order valence-corrected chi connectivity index (χ1v) is 6.77. The van der Waals surface area contributed by atoms with E-state index in [0.29, 0.717) is 6.61 Å². The molecule has 1 rings (SSSR count). The van der Waals surface area contributed by atoms with Crippen molar-refractivity contribution in [3.05, 3.63) is 36.5 Å². The maximum absolute atomic E-state index is 5.17. The second kappa shape index (κ2) is 8.67. The van der Waals surface area contributed by atoms with Crippen molar-refractivity contribution in [3.63, 3.8) is 0 Å². The molecule has 1 atom stereocenters. The van der Waals surface area contributed by atoms with E-state index in [9.17, 15) is 0 Å². The molecule has 0 saturated heterocycles. The number of hydrogen-bond donors (Lipinski definition) is 1. The van der Waals surface area contributed by atoms with Crippen LogP contribution in [-0.4, -0.2) is 38.3 Å². The lowest BCUT2D eigenvalue weighted by atomic mass is 10.1. The molecule has 4 nitrogen and oxygen atoms in total. The fourth-order valence-electron chi connectivity index (χ4n) is 2.07. The minimum atomic E-state index is 0.281. The van der Waals surface area contributed by atoms with Gasteiger partial charge in [0, 0.05) is 38.0 Å². The van der Waals surface area contributed by atoms with Crippen LogP contribution in [0.4, 0.5) is 5.82 Å². The van der Waals surface area contributed by atoms with E-state index in [1.807, 2.05) is 18.3 Å². The summed E-state index contributed by atoms with van der Waals surface area (Å²) in [7, 11) is 1.71. The number of methoxy groups -OCH3 is 1. The topological polar surface area (TPSA) is 37.4 Å².